The predicted octanol–water partition coefficient (Wildman–Crippen LogP) is 4.47. The number of ether oxygens (including phenoxy) is 2. The van der Waals surface area contributed by atoms with E-state index in [1.165, 1.54) is 0 Å². The van der Waals surface area contributed by atoms with E-state index in [9.17, 15) is 19.9 Å². The number of aliphatic hydroxyl groups excluding tert-OH is 1. The van der Waals surface area contributed by atoms with E-state index in [0.29, 0.717) is 25.0 Å². The Morgan fingerprint density at radius 1 is 1.12 bits per heavy atom. The van der Waals surface area contributed by atoms with Crippen LogP contribution in [0.3, 0.4) is 0 Å². The summed E-state index contributed by atoms with van der Waals surface area (Å²) in [4.78, 5) is 26.6. The molecule has 0 radical (unpaired) electrons. The standard InChI is InChI=1S/C25H45NO6/c1-11-19-15(4)21(27)16(5)20(26-30)14(3)13-25(9,31-10)18(7)24(8,12-2)22(28)17(6)23(29)32-19/h14-19,21,27,30H,11-13H2,1-10H3/b26-20+/t14-,15?,16+,17-,18-,19-,21+,24?,25-/m1/s1. The first kappa shape index (κ1) is 28.6. The van der Waals surface area contributed by atoms with Gasteiger partial charge >= 0.3 is 5.97 Å². The molecule has 186 valence electrons. The van der Waals surface area contributed by atoms with Gasteiger partial charge in [-0.15, -0.1) is 0 Å². The van der Waals surface area contributed by atoms with Crippen LogP contribution in [0.1, 0.15) is 81.6 Å². The van der Waals surface area contributed by atoms with Crippen molar-refractivity contribution in [2.45, 2.75) is 99.4 Å². The zero-order chi connectivity index (χ0) is 25.0. The highest BCUT2D eigenvalue weighted by molar-refractivity contribution is 6.01. The molecule has 7 heteroatoms. The molecule has 0 saturated carbocycles. The topological polar surface area (TPSA) is 105 Å². The van der Waals surface area contributed by atoms with Gasteiger partial charge in [-0.25, -0.2) is 0 Å². The largest absolute Gasteiger partial charge is 0.461 e. The minimum atomic E-state index is -0.922. The highest BCUT2D eigenvalue weighted by Gasteiger charge is 2.50. The normalized spacial score (nSPS) is 44.2. The van der Waals surface area contributed by atoms with Crippen molar-refractivity contribution in [2.75, 3.05) is 7.11 Å². The number of hydrogen-bond donors (Lipinski definition) is 2. The average molecular weight is 456 g/mol. The molecule has 1 fully saturated rings. The van der Waals surface area contributed by atoms with Crippen molar-refractivity contribution < 1.29 is 29.4 Å². The first-order valence-corrected chi connectivity index (χ1v) is 11.9. The fourth-order valence-corrected chi connectivity index (χ4v) is 5.42. The number of carbonyl (C=O) groups is 2. The van der Waals surface area contributed by atoms with Crippen LogP contribution in [-0.4, -0.2) is 52.7 Å². The summed E-state index contributed by atoms with van der Waals surface area (Å²) < 4.78 is 11.7. The number of carbonyl (C=O) groups excluding carboxylic acids is 2. The van der Waals surface area contributed by atoms with Gasteiger partial charge in [0.25, 0.3) is 0 Å². The number of methoxy groups -OCH3 is 1. The molecule has 0 aliphatic carbocycles. The molecule has 1 heterocycles. The van der Waals surface area contributed by atoms with E-state index in [-0.39, 0.29) is 17.6 Å². The number of esters is 1. The highest BCUT2D eigenvalue weighted by atomic mass is 16.5. The van der Waals surface area contributed by atoms with Crippen LogP contribution in [0.4, 0.5) is 0 Å². The summed E-state index contributed by atoms with van der Waals surface area (Å²) in [5, 5.41) is 24.5. The molecule has 0 aromatic rings. The Labute approximate surface area is 193 Å². The maximum Gasteiger partial charge on any atom is 0.316 e. The minimum Gasteiger partial charge on any atom is -0.461 e. The van der Waals surface area contributed by atoms with Crippen LogP contribution in [0.15, 0.2) is 5.16 Å². The minimum absolute atomic E-state index is 0.169. The van der Waals surface area contributed by atoms with E-state index < -0.39 is 46.9 Å². The zero-order valence-corrected chi connectivity index (χ0v) is 21.6. The van der Waals surface area contributed by atoms with E-state index in [2.05, 4.69) is 5.16 Å². The molecule has 1 aliphatic heterocycles. The van der Waals surface area contributed by atoms with Crippen LogP contribution in [0, 0.1) is 35.0 Å². The van der Waals surface area contributed by atoms with Gasteiger partial charge in [0.1, 0.15) is 12.0 Å². The Bertz CT molecular complexity index is 694. The van der Waals surface area contributed by atoms with Crippen molar-refractivity contribution in [3.05, 3.63) is 0 Å². The molecule has 0 spiro atoms. The van der Waals surface area contributed by atoms with Crippen molar-refractivity contribution in [1.82, 2.24) is 0 Å². The summed E-state index contributed by atoms with van der Waals surface area (Å²) in [6.07, 6.45) is 0.1000. The molecular weight excluding hydrogens is 410 g/mol. The van der Waals surface area contributed by atoms with E-state index >= 15 is 0 Å². The van der Waals surface area contributed by atoms with Crippen LogP contribution in [-0.2, 0) is 19.1 Å². The molecular formula is C25H45NO6. The van der Waals surface area contributed by atoms with Gasteiger partial charge < -0.3 is 19.8 Å². The number of hydrogen-bond acceptors (Lipinski definition) is 7. The number of ketones is 1. The second kappa shape index (κ2) is 11.1. The Kier molecular flexibility index (Phi) is 9.91. The van der Waals surface area contributed by atoms with E-state index in [1.54, 1.807) is 14.0 Å². The van der Waals surface area contributed by atoms with Gasteiger partial charge in [-0.2, -0.15) is 0 Å². The van der Waals surface area contributed by atoms with Gasteiger partial charge in [0.05, 0.1) is 17.4 Å². The number of nitrogens with zero attached hydrogens (tertiary/aromatic N) is 1. The fraction of sp³-hybridized carbons (Fsp3) is 0.880. The Balaban J connectivity index is 3.64. The monoisotopic (exact) mass is 455 g/mol. The summed E-state index contributed by atoms with van der Waals surface area (Å²) in [7, 11) is 1.62. The van der Waals surface area contributed by atoms with Crippen molar-refractivity contribution in [3.8, 4) is 0 Å². The summed E-state index contributed by atoms with van der Waals surface area (Å²) in [6, 6.07) is 0. The molecule has 2 N–H and O–H groups in total. The van der Waals surface area contributed by atoms with Gasteiger partial charge in [0.2, 0.25) is 0 Å². The van der Waals surface area contributed by atoms with Crippen molar-refractivity contribution in [2.24, 2.45) is 40.2 Å². The molecule has 1 aliphatic rings. The molecule has 1 rings (SSSR count). The second-order valence-electron chi connectivity index (χ2n) is 10.2. The number of Topliss-reactive ketones (excluding diaryl/α,β-unsaturated/α-hetero) is 1. The summed E-state index contributed by atoms with van der Waals surface area (Å²) >= 11 is 0. The third-order valence-corrected chi connectivity index (χ3v) is 8.49. The van der Waals surface area contributed by atoms with Gasteiger partial charge in [-0.1, -0.05) is 53.6 Å². The molecule has 0 bridgehead atoms. The number of cyclic esters (lactones) is 1. The van der Waals surface area contributed by atoms with E-state index in [1.807, 2.05) is 55.4 Å². The molecule has 7 nitrogen and oxygen atoms in total. The molecule has 9 atom stereocenters. The average Bonchev–Trinajstić information content (AvgIpc) is 2.78. The van der Waals surface area contributed by atoms with Crippen LogP contribution in [0.2, 0.25) is 0 Å². The van der Waals surface area contributed by atoms with Crippen LogP contribution < -0.4 is 0 Å². The SMILES string of the molecule is CC[C@H]1OC(=O)[C@H](C)C(=O)C(C)(CC)[C@@H](C)[C@](C)(OC)C[C@@H](C)/C(=N\O)[C@H](C)[C@@H](O)C1C. The number of oxime groups is 1. The van der Waals surface area contributed by atoms with E-state index in [4.69, 9.17) is 9.47 Å². The third-order valence-electron chi connectivity index (χ3n) is 8.49. The maximum absolute atomic E-state index is 13.6. The lowest BCUT2D eigenvalue weighted by molar-refractivity contribution is -0.166. The molecule has 1 saturated heterocycles. The van der Waals surface area contributed by atoms with Crippen LogP contribution in [0.5, 0.6) is 0 Å². The maximum atomic E-state index is 13.6. The molecule has 0 aromatic heterocycles. The van der Waals surface area contributed by atoms with Crippen molar-refractivity contribution in [1.29, 1.82) is 0 Å². The number of rotatable bonds is 3. The lowest BCUT2D eigenvalue weighted by Crippen LogP contribution is -2.52. The smallest absolute Gasteiger partial charge is 0.316 e. The Hall–Kier alpha value is -1.47. The third kappa shape index (κ3) is 5.36. The van der Waals surface area contributed by atoms with Gasteiger partial charge in [-0.3, -0.25) is 9.59 Å². The lowest BCUT2D eigenvalue weighted by atomic mass is 9.62. The highest BCUT2D eigenvalue weighted by Crippen LogP contribution is 2.45. The Morgan fingerprint density at radius 3 is 2.12 bits per heavy atom. The second-order valence-corrected chi connectivity index (χ2v) is 10.2. The summed E-state index contributed by atoms with van der Waals surface area (Å²) in [5.74, 6) is -2.96. The van der Waals surface area contributed by atoms with E-state index in [0.717, 1.165) is 0 Å². The summed E-state index contributed by atoms with van der Waals surface area (Å²) in [6.45, 7) is 16.9. The molecule has 32 heavy (non-hydrogen) atoms. The first-order chi connectivity index (χ1) is 14.7. The van der Waals surface area contributed by atoms with Crippen LogP contribution in [0.25, 0.3) is 0 Å². The van der Waals surface area contributed by atoms with Crippen LogP contribution >= 0.6 is 0 Å². The quantitative estimate of drug-likeness (QED) is 0.281. The summed E-state index contributed by atoms with van der Waals surface area (Å²) in [5.41, 5.74) is -1.08. The lowest BCUT2D eigenvalue weighted by Gasteiger charge is -2.46. The fourth-order valence-electron chi connectivity index (χ4n) is 5.42. The molecule has 0 aromatic carbocycles. The zero-order valence-electron chi connectivity index (χ0n) is 21.6. The predicted molar refractivity (Wildman–Crippen MR) is 125 cm³/mol. The van der Waals surface area contributed by atoms with Gasteiger partial charge in [-0.05, 0) is 39.0 Å². The first-order valence-electron chi connectivity index (χ1n) is 11.9. The van der Waals surface area contributed by atoms with Gasteiger partial charge in [0, 0.05) is 30.3 Å². The molecule has 2 unspecified atom stereocenters. The van der Waals surface area contributed by atoms with Crippen molar-refractivity contribution >= 4 is 17.5 Å². The number of aliphatic hydroxyl groups is 1. The Morgan fingerprint density at radius 2 is 1.69 bits per heavy atom. The van der Waals surface area contributed by atoms with Crippen molar-refractivity contribution in [3.63, 3.8) is 0 Å². The molecule has 0 amide bonds. The van der Waals surface area contributed by atoms with Gasteiger partial charge in [0.15, 0.2) is 5.78 Å².